The van der Waals surface area contributed by atoms with Gasteiger partial charge in [-0.05, 0) is 25.0 Å². The van der Waals surface area contributed by atoms with Crippen LogP contribution in [0, 0.1) is 5.92 Å². The number of hydrogen-bond donors (Lipinski definition) is 3. The Balaban J connectivity index is 1.73. The maximum absolute atomic E-state index is 12.0. The Morgan fingerprint density at radius 2 is 2.04 bits per heavy atom. The van der Waals surface area contributed by atoms with Crippen LogP contribution in [0.5, 0.6) is 0 Å². The van der Waals surface area contributed by atoms with Crippen LogP contribution in [0.4, 0.5) is 0 Å². The Kier molecular flexibility index (Phi) is 5.94. The number of carbonyl (C=O) groups is 4. The number of nitrogens with zero attached hydrogens (tertiary/aromatic N) is 1. The van der Waals surface area contributed by atoms with E-state index in [4.69, 9.17) is 4.42 Å². The highest BCUT2D eigenvalue weighted by Gasteiger charge is 2.27. The van der Waals surface area contributed by atoms with Crippen molar-refractivity contribution in [2.24, 2.45) is 5.92 Å². The molecule has 0 unspecified atom stereocenters. The Morgan fingerprint density at radius 3 is 2.71 bits per heavy atom. The average Bonchev–Trinajstić information content (AvgIpc) is 3.10. The van der Waals surface area contributed by atoms with Gasteiger partial charge in [0.15, 0.2) is 0 Å². The van der Waals surface area contributed by atoms with Crippen LogP contribution in [-0.2, 0) is 25.7 Å². The highest BCUT2D eigenvalue weighted by Crippen LogP contribution is 2.16. The number of likely N-dealkylation sites (tertiary alicyclic amines) is 1. The minimum Gasteiger partial charge on any atom is -0.467 e. The molecule has 9 heteroatoms. The zero-order valence-electron chi connectivity index (χ0n) is 13.3. The van der Waals surface area contributed by atoms with Crippen LogP contribution in [0.1, 0.15) is 25.5 Å². The number of nitrogens with one attached hydrogen (secondary N) is 3. The van der Waals surface area contributed by atoms with E-state index < -0.39 is 23.6 Å². The highest BCUT2D eigenvalue weighted by molar-refractivity contribution is 6.35. The number of amides is 4. The number of carbonyl (C=O) groups excluding carboxylic acids is 4. The zero-order valence-corrected chi connectivity index (χ0v) is 13.3. The molecule has 0 saturated carbocycles. The molecule has 24 heavy (non-hydrogen) atoms. The van der Waals surface area contributed by atoms with Gasteiger partial charge in [-0.25, -0.2) is 0 Å². The lowest BCUT2D eigenvalue weighted by Gasteiger charge is -2.31. The largest absolute Gasteiger partial charge is 0.467 e. The average molecular weight is 336 g/mol. The molecule has 0 aliphatic carbocycles. The minimum absolute atomic E-state index is 0.0728. The number of hydrogen-bond acceptors (Lipinski definition) is 5. The van der Waals surface area contributed by atoms with Gasteiger partial charge in [0, 0.05) is 20.0 Å². The van der Waals surface area contributed by atoms with Gasteiger partial charge in [-0.2, -0.15) is 0 Å². The molecule has 9 nitrogen and oxygen atoms in total. The molecule has 4 amide bonds. The monoisotopic (exact) mass is 336 g/mol. The number of rotatable bonds is 3. The van der Waals surface area contributed by atoms with Gasteiger partial charge in [0.1, 0.15) is 5.76 Å². The summed E-state index contributed by atoms with van der Waals surface area (Å²) in [6.45, 7) is 2.46. The summed E-state index contributed by atoms with van der Waals surface area (Å²) in [4.78, 5) is 48.2. The number of hydrazine groups is 1. The van der Waals surface area contributed by atoms with Crippen LogP contribution in [-0.4, -0.2) is 41.6 Å². The molecule has 0 aromatic carbocycles. The molecule has 1 aliphatic rings. The summed E-state index contributed by atoms with van der Waals surface area (Å²) in [5.41, 5.74) is 4.29. The Hall–Kier alpha value is -2.84. The number of furan rings is 1. The van der Waals surface area contributed by atoms with E-state index in [-0.39, 0.29) is 12.5 Å². The molecule has 0 radical (unpaired) electrons. The molecule has 130 valence electrons. The SMILES string of the molecule is CC(=O)N1CCC[C@H](C(=O)NNC(=O)C(=O)NCc2ccco2)C1. The van der Waals surface area contributed by atoms with Crippen molar-refractivity contribution in [2.45, 2.75) is 26.3 Å². The molecule has 1 aromatic rings. The summed E-state index contributed by atoms with van der Waals surface area (Å²) in [7, 11) is 0. The molecule has 1 atom stereocenters. The predicted octanol–water partition coefficient (Wildman–Crippen LogP) is -0.698. The van der Waals surface area contributed by atoms with Crippen molar-refractivity contribution < 1.29 is 23.6 Å². The molecule has 1 saturated heterocycles. The van der Waals surface area contributed by atoms with Gasteiger partial charge < -0.3 is 14.6 Å². The lowest BCUT2D eigenvalue weighted by Crippen LogP contribution is -2.52. The topological polar surface area (TPSA) is 121 Å². The van der Waals surface area contributed by atoms with Crippen molar-refractivity contribution in [3.63, 3.8) is 0 Å². The van der Waals surface area contributed by atoms with Gasteiger partial charge in [0.05, 0.1) is 18.7 Å². The first-order chi connectivity index (χ1) is 11.5. The summed E-state index contributed by atoms with van der Waals surface area (Å²) < 4.78 is 5.02. The molecule has 0 bridgehead atoms. The van der Waals surface area contributed by atoms with E-state index in [0.29, 0.717) is 25.3 Å². The van der Waals surface area contributed by atoms with E-state index in [1.54, 1.807) is 17.0 Å². The lowest BCUT2D eigenvalue weighted by molar-refractivity contribution is -0.142. The Bertz CT molecular complexity index is 613. The van der Waals surface area contributed by atoms with Gasteiger partial charge in [-0.15, -0.1) is 0 Å². The molecule has 1 fully saturated rings. The van der Waals surface area contributed by atoms with E-state index in [9.17, 15) is 19.2 Å². The predicted molar refractivity (Wildman–Crippen MR) is 81.8 cm³/mol. The molecular formula is C15H20N4O5. The van der Waals surface area contributed by atoms with Crippen molar-refractivity contribution >= 4 is 23.6 Å². The first-order valence-electron chi connectivity index (χ1n) is 7.63. The fourth-order valence-electron chi connectivity index (χ4n) is 2.42. The maximum Gasteiger partial charge on any atom is 0.327 e. The van der Waals surface area contributed by atoms with Crippen molar-refractivity contribution in [2.75, 3.05) is 13.1 Å². The molecule has 1 aliphatic heterocycles. The third-order valence-electron chi connectivity index (χ3n) is 3.75. The summed E-state index contributed by atoms with van der Waals surface area (Å²) in [5.74, 6) is -2.28. The standard InChI is InChI=1S/C15H20N4O5/c1-10(20)19-6-2-4-11(9-19)13(21)17-18-15(23)14(22)16-8-12-5-3-7-24-12/h3,5,7,11H,2,4,6,8-9H2,1H3,(H,16,22)(H,17,21)(H,18,23)/t11-/m0/s1. The number of piperidine rings is 1. The van der Waals surface area contributed by atoms with E-state index in [1.807, 2.05) is 0 Å². The first kappa shape index (κ1) is 17.5. The van der Waals surface area contributed by atoms with Crippen LogP contribution in [0.2, 0.25) is 0 Å². The van der Waals surface area contributed by atoms with Crippen molar-refractivity contribution in [3.8, 4) is 0 Å². The highest BCUT2D eigenvalue weighted by atomic mass is 16.3. The fourth-order valence-corrected chi connectivity index (χ4v) is 2.42. The van der Waals surface area contributed by atoms with Crippen LogP contribution in [0.15, 0.2) is 22.8 Å². The third-order valence-corrected chi connectivity index (χ3v) is 3.75. The minimum atomic E-state index is -0.978. The van der Waals surface area contributed by atoms with Gasteiger partial charge in [-0.1, -0.05) is 0 Å². The Morgan fingerprint density at radius 1 is 1.25 bits per heavy atom. The van der Waals surface area contributed by atoms with Crippen LogP contribution in [0.25, 0.3) is 0 Å². The molecule has 3 N–H and O–H groups in total. The maximum atomic E-state index is 12.0. The first-order valence-corrected chi connectivity index (χ1v) is 7.63. The molecule has 2 heterocycles. The van der Waals surface area contributed by atoms with Crippen LogP contribution < -0.4 is 16.2 Å². The van der Waals surface area contributed by atoms with Gasteiger partial charge in [-0.3, -0.25) is 30.0 Å². The van der Waals surface area contributed by atoms with Gasteiger partial charge in [0.2, 0.25) is 11.8 Å². The van der Waals surface area contributed by atoms with Crippen molar-refractivity contribution in [3.05, 3.63) is 24.2 Å². The summed E-state index contributed by atoms with van der Waals surface area (Å²) in [5, 5.41) is 2.36. The molecular weight excluding hydrogens is 316 g/mol. The molecule has 2 rings (SSSR count). The van der Waals surface area contributed by atoms with Gasteiger partial charge in [0.25, 0.3) is 0 Å². The quantitative estimate of drug-likeness (QED) is 0.498. The zero-order chi connectivity index (χ0) is 17.5. The van der Waals surface area contributed by atoms with Crippen molar-refractivity contribution in [1.29, 1.82) is 0 Å². The second-order valence-corrected chi connectivity index (χ2v) is 5.51. The summed E-state index contributed by atoms with van der Waals surface area (Å²) in [6, 6.07) is 3.32. The van der Waals surface area contributed by atoms with E-state index in [2.05, 4.69) is 16.2 Å². The van der Waals surface area contributed by atoms with Crippen LogP contribution >= 0.6 is 0 Å². The Labute approximate surface area is 138 Å². The van der Waals surface area contributed by atoms with Crippen molar-refractivity contribution in [1.82, 2.24) is 21.1 Å². The van der Waals surface area contributed by atoms with E-state index in [1.165, 1.54) is 13.2 Å². The normalized spacial score (nSPS) is 17.0. The lowest BCUT2D eigenvalue weighted by atomic mass is 9.97. The van der Waals surface area contributed by atoms with E-state index >= 15 is 0 Å². The van der Waals surface area contributed by atoms with E-state index in [0.717, 1.165) is 6.42 Å². The van der Waals surface area contributed by atoms with Gasteiger partial charge >= 0.3 is 11.8 Å². The summed E-state index contributed by atoms with van der Waals surface area (Å²) >= 11 is 0. The second-order valence-electron chi connectivity index (χ2n) is 5.51. The molecule has 0 spiro atoms. The molecule has 1 aromatic heterocycles. The van der Waals surface area contributed by atoms with Crippen LogP contribution in [0.3, 0.4) is 0 Å². The summed E-state index contributed by atoms with van der Waals surface area (Å²) in [6.07, 6.45) is 2.79. The smallest absolute Gasteiger partial charge is 0.327 e. The fraction of sp³-hybridized carbons (Fsp3) is 0.467. The third kappa shape index (κ3) is 4.83. The second kappa shape index (κ2) is 8.14.